The normalized spacial score (nSPS) is 14.5. The van der Waals surface area contributed by atoms with E-state index in [0.717, 1.165) is 56.1 Å². The number of nitrogens with one attached hydrogen (secondary N) is 1. The van der Waals surface area contributed by atoms with E-state index in [4.69, 9.17) is 11.6 Å². The molecular formula is C26H32ClN5O. The Labute approximate surface area is 201 Å². The lowest BCUT2D eigenvalue weighted by Gasteiger charge is -2.36. The number of anilines is 1. The number of hydrogen-bond donors (Lipinski definition) is 1. The Balaban J connectivity index is 1.23. The van der Waals surface area contributed by atoms with E-state index in [9.17, 15) is 4.79 Å². The predicted octanol–water partition coefficient (Wildman–Crippen LogP) is 4.14. The molecule has 1 fully saturated rings. The molecule has 7 heteroatoms. The fourth-order valence-corrected chi connectivity index (χ4v) is 4.62. The van der Waals surface area contributed by atoms with E-state index in [2.05, 4.69) is 50.5 Å². The Morgan fingerprint density at radius 1 is 1.00 bits per heavy atom. The number of amides is 1. The summed E-state index contributed by atoms with van der Waals surface area (Å²) in [7, 11) is 0. The third kappa shape index (κ3) is 5.75. The van der Waals surface area contributed by atoms with Crippen LogP contribution in [0, 0.1) is 13.8 Å². The summed E-state index contributed by atoms with van der Waals surface area (Å²) >= 11 is 6.30. The van der Waals surface area contributed by atoms with Gasteiger partial charge in [0.25, 0.3) is 5.91 Å². The Hall–Kier alpha value is -2.83. The highest BCUT2D eigenvalue weighted by Gasteiger charge is 2.20. The van der Waals surface area contributed by atoms with E-state index in [0.29, 0.717) is 23.7 Å². The molecule has 0 atom stereocenters. The van der Waals surface area contributed by atoms with Gasteiger partial charge in [0.05, 0.1) is 17.8 Å². The van der Waals surface area contributed by atoms with Gasteiger partial charge in [-0.3, -0.25) is 14.4 Å². The van der Waals surface area contributed by atoms with Crippen LogP contribution in [0.5, 0.6) is 0 Å². The Kier molecular flexibility index (Phi) is 7.68. The van der Waals surface area contributed by atoms with Gasteiger partial charge in [-0.2, -0.15) is 5.10 Å². The molecule has 2 aromatic carbocycles. The van der Waals surface area contributed by atoms with Crippen LogP contribution in [-0.4, -0.2) is 59.9 Å². The third-order valence-electron chi connectivity index (χ3n) is 6.32. The van der Waals surface area contributed by atoms with Gasteiger partial charge in [-0.25, -0.2) is 0 Å². The van der Waals surface area contributed by atoms with E-state index >= 15 is 0 Å². The van der Waals surface area contributed by atoms with Crippen LogP contribution in [0.2, 0.25) is 5.02 Å². The Morgan fingerprint density at radius 3 is 2.42 bits per heavy atom. The van der Waals surface area contributed by atoms with Gasteiger partial charge in [0.1, 0.15) is 0 Å². The lowest BCUT2D eigenvalue weighted by molar-refractivity contribution is 0.0950. The fourth-order valence-electron chi connectivity index (χ4n) is 4.43. The van der Waals surface area contributed by atoms with Gasteiger partial charge < -0.3 is 10.2 Å². The number of carbonyl (C=O) groups is 1. The number of para-hydroxylation sites is 1. The van der Waals surface area contributed by atoms with Crippen LogP contribution in [0.3, 0.4) is 0 Å². The molecule has 1 N–H and O–H groups in total. The minimum Gasteiger partial charge on any atom is -0.369 e. The Morgan fingerprint density at radius 2 is 1.70 bits per heavy atom. The summed E-state index contributed by atoms with van der Waals surface area (Å²) in [5.41, 5.74) is 4.56. The highest BCUT2D eigenvalue weighted by Crippen LogP contribution is 2.20. The second-order valence-electron chi connectivity index (χ2n) is 8.57. The van der Waals surface area contributed by atoms with E-state index < -0.39 is 0 Å². The highest BCUT2D eigenvalue weighted by molar-refractivity contribution is 6.31. The van der Waals surface area contributed by atoms with Crippen LogP contribution in [-0.2, 0) is 6.54 Å². The van der Waals surface area contributed by atoms with Crippen molar-refractivity contribution in [2.75, 3.05) is 44.2 Å². The van der Waals surface area contributed by atoms with Crippen molar-refractivity contribution >= 4 is 23.2 Å². The lowest BCUT2D eigenvalue weighted by Crippen LogP contribution is -2.47. The van der Waals surface area contributed by atoms with Gasteiger partial charge in [-0.05, 0) is 50.6 Å². The maximum absolute atomic E-state index is 12.9. The molecule has 0 unspecified atom stereocenters. The lowest BCUT2D eigenvalue weighted by atomic mass is 10.1. The maximum Gasteiger partial charge on any atom is 0.255 e. The van der Waals surface area contributed by atoms with Crippen LogP contribution in [0.25, 0.3) is 0 Å². The van der Waals surface area contributed by atoms with Gasteiger partial charge in [0.2, 0.25) is 0 Å². The zero-order valence-electron chi connectivity index (χ0n) is 19.4. The molecule has 3 aromatic rings. The van der Waals surface area contributed by atoms with Crippen molar-refractivity contribution in [3.63, 3.8) is 0 Å². The number of hydrogen-bond acceptors (Lipinski definition) is 4. The molecule has 1 aliphatic heterocycles. The first-order valence-corrected chi connectivity index (χ1v) is 12.0. The van der Waals surface area contributed by atoms with Crippen molar-refractivity contribution < 1.29 is 4.79 Å². The molecule has 1 aliphatic rings. The van der Waals surface area contributed by atoms with Crippen molar-refractivity contribution in [1.82, 2.24) is 20.0 Å². The van der Waals surface area contributed by atoms with Gasteiger partial charge in [0.15, 0.2) is 0 Å². The predicted molar refractivity (Wildman–Crippen MR) is 134 cm³/mol. The first-order chi connectivity index (χ1) is 16.0. The van der Waals surface area contributed by atoms with E-state index in [1.165, 1.54) is 5.69 Å². The van der Waals surface area contributed by atoms with Crippen LogP contribution in [0.4, 0.5) is 5.69 Å². The van der Waals surface area contributed by atoms with Crippen LogP contribution >= 0.6 is 11.6 Å². The average molecular weight is 466 g/mol. The molecule has 1 saturated heterocycles. The quantitative estimate of drug-likeness (QED) is 0.508. The summed E-state index contributed by atoms with van der Waals surface area (Å²) in [5.74, 6) is -0.0516. The summed E-state index contributed by atoms with van der Waals surface area (Å²) in [6, 6.07) is 18.3. The van der Waals surface area contributed by atoms with Gasteiger partial charge in [-0.1, -0.05) is 48.0 Å². The first kappa shape index (κ1) is 23.3. The van der Waals surface area contributed by atoms with Crippen LogP contribution in [0.1, 0.15) is 33.7 Å². The smallest absolute Gasteiger partial charge is 0.255 e. The summed E-state index contributed by atoms with van der Waals surface area (Å²) in [4.78, 5) is 17.8. The second kappa shape index (κ2) is 10.9. The molecule has 174 valence electrons. The second-order valence-corrected chi connectivity index (χ2v) is 8.98. The molecule has 1 amide bonds. The van der Waals surface area contributed by atoms with Crippen molar-refractivity contribution in [2.24, 2.45) is 0 Å². The molecule has 0 aliphatic carbocycles. The number of aromatic nitrogens is 2. The van der Waals surface area contributed by atoms with Crippen molar-refractivity contribution in [3.05, 3.63) is 82.1 Å². The summed E-state index contributed by atoms with van der Waals surface area (Å²) in [6.45, 7) is 10.2. The minimum absolute atomic E-state index is 0.0516. The fraction of sp³-hybridized carbons (Fsp3) is 0.385. The number of benzene rings is 2. The Bertz CT molecular complexity index is 1070. The number of halogens is 1. The van der Waals surface area contributed by atoms with Crippen molar-refractivity contribution in [3.8, 4) is 0 Å². The topological polar surface area (TPSA) is 53.4 Å². The molecule has 0 radical (unpaired) electrons. The molecule has 1 aromatic heterocycles. The van der Waals surface area contributed by atoms with Gasteiger partial charge >= 0.3 is 0 Å². The molecule has 4 rings (SSSR count). The number of carbonyl (C=O) groups excluding carboxylic acids is 1. The zero-order valence-corrected chi connectivity index (χ0v) is 20.2. The van der Waals surface area contributed by atoms with Gasteiger partial charge in [-0.15, -0.1) is 0 Å². The molecule has 0 spiro atoms. The summed E-state index contributed by atoms with van der Waals surface area (Å²) in [5, 5.41) is 8.38. The maximum atomic E-state index is 12.9. The first-order valence-electron chi connectivity index (χ1n) is 11.6. The number of rotatable bonds is 8. The summed E-state index contributed by atoms with van der Waals surface area (Å²) in [6.07, 6.45) is 0.933. The van der Waals surface area contributed by atoms with Crippen LogP contribution in [0.15, 0.2) is 54.6 Å². The monoisotopic (exact) mass is 465 g/mol. The van der Waals surface area contributed by atoms with Gasteiger partial charge in [0, 0.05) is 49.1 Å². The summed E-state index contributed by atoms with van der Waals surface area (Å²) < 4.78 is 1.86. The minimum atomic E-state index is -0.0516. The molecule has 33 heavy (non-hydrogen) atoms. The van der Waals surface area contributed by atoms with E-state index in [1.807, 2.05) is 42.8 Å². The third-order valence-corrected chi connectivity index (χ3v) is 6.69. The van der Waals surface area contributed by atoms with Crippen molar-refractivity contribution in [2.45, 2.75) is 26.8 Å². The van der Waals surface area contributed by atoms with E-state index in [1.54, 1.807) is 0 Å². The standard InChI is InChI=1S/C26H32ClN5O/c1-20-25(21(2)32(29-20)19-22-9-6-7-12-24(22)27)26(33)28-13-8-14-30-15-17-31(18-16-30)23-10-4-3-5-11-23/h3-7,9-12H,8,13-19H2,1-2H3,(H,28,33). The number of nitrogens with zero attached hydrogens (tertiary/aromatic N) is 4. The molecule has 0 saturated carbocycles. The molecule has 2 heterocycles. The zero-order chi connectivity index (χ0) is 23.2. The highest BCUT2D eigenvalue weighted by atomic mass is 35.5. The number of aryl methyl sites for hydroxylation is 1. The van der Waals surface area contributed by atoms with E-state index in [-0.39, 0.29) is 5.91 Å². The number of piperazine rings is 1. The molecule has 0 bridgehead atoms. The molecular weight excluding hydrogens is 434 g/mol. The largest absolute Gasteiger partial charge is 0.369 e. The van der Waals surface area contributed by atoms with Crippen molar-refractivity contribution in [1.29, 1.82) is 0 Å². The van der Waals surface area contributed by atoms with Crippen LogP contribution < -0.4 is 10.2 Å². The SMILES string of the molecule is Cc1nn(Cc2ccccc2Cl)c(C)c1C(=O)NCCCN1CCN(c2ccccc2)CC1. The average Bonchev–Trinajstić information content (AvgIpc) is 3.11. The molecule has 6 nitrogen and oxygen atoms in total.